The van der Waals surface area contributed by atoms with Gasteiger partial charge in [0.15, 0.2) is 5.65 Å². The Hall–Kier alpha value is -2.08. The topological polar surface area (TPSA) is 69.1 Å². The zero-order valence-electron chi connectivity index (χ0n) is 8.82. The van der Waals surface area contributed by atoms with Crippen molar-refractivity contribution in [3.8, 4) is 0 Å². The lowest BCUT2D eigenvalue weighted by atomic mass is 10.4. The number of fused-ring (bicyclic) bond motifs is 1. The molecule has 3 aromatic rings. The Balaban J connectivity index is 1.97. The molecule has 0 fully saturated rings. The summed E-state index contributed by atoms with van der Waals surface area (Å²) in [4.78, 5) is 8.66. The fraction of sp³-hybridized carbons (Fsp3) is 0. The average Bonchev–Trinajstić information content (AvgIpc) is 2.79. The number of pyridine rings is 1. The van der Waals surface area contributed by atoms with Crippen LogP contribution in [0.1, 0.15) is 0 Å². The molecule has 0 aliphatic heterocycles. The number of nitrogen functional groups attached to an aromatic ring is 1. The third-order valence-corrected chi connectivity index (χ3v) is 3.21. The molecule has 0 aliphatic carbocycles. The highest BCUT2D eigenvalue weighted by Crippen LogP contribution is 2.28. The van der Waals surface area contributed by atoms with Crippen LogP contribution in [0, 0.1) is 0 Å². The average molecular weight is 243 g/mol. The Kier molecular flexibility index (Phi) is 2.41. The predicted molar refractivity (Wildman–Crippen MR) is 65.8 cm³/mol. The van der Waals surface area contributed by atoms with Crippen molar-refractivity contribution < 1.29 is 0 Å². The number of hydrogen-bond donors (Lipinski definition) is 1. The summed E-state index contributed by atoms with van der Waals surface area (Å²) in [5, 5.41) is 5.71. The van der Waals surface area contributed by atoms with Gasteiger partial charge in [0.05, 0.1) is 11.9 Å². The van der Waals surface area contributed by atoms with Gasteiger partial charge in [-0.3, -0.25) is 0 Å². The van der Waals surface area contributed by atoms with Crippen LogP contribution >= 0.6 is 11.8 Å². The minimum absolute atomic E-state index is 0.660. The predicted octanol–water partition coefficient (Wildman–Crippen LogP) is 1.86. The van der Waals surface area contributed by atoms with Gasteiger partial charge in [-0.25, -0.2) is 14.5 Å². The van der Waals surface area contributed by atoms with E-state index in [0.29, 0.717) is 5.69 Å². The minimum Gasteiger partial charge on any atom is -0.397 e. The highest BCUT2D eigenvalue weighted by molar-refractivity contribution is 7.99. The Morgan fingerprint density at radius 2 is 2.12 bits per heavy atom. The molecule has 3 rings (SSSR count). The van der Waals surface area contributed by atoms with Crippen LogP contribution in [-0.4, -0.2) is 19.6 Å². The van der Waals surface area contributed by atoms with Gasteiger partial charge in [-0.1, -0.05) is 0 Å². The summed E-state index contributed by atoms with van der Waals surface area (Å²) in [5.41, 5.74) is 7.30. The molecule has 0 unspecified atom stereocenters. The van der Waals surface area contributed by atoms with E-state index in [1.165, 1.54) is 11.8 Å². The van der Waals surface area contributed by atoms with E-state index >= 15 is 0 Å². The summed E-state index contributed by atoms with van der Waals surface area (Å²) < 4.78 is 1.71. The van der Waals surface area contributed by atoms with Crippen molar-refractivity contribution >= 4 is 23.1 Å². The summed E-state index contributed by atoms with van der Waals surface area (Å²) in [5.74, 6) is 0. The van der Waals surface area contributed by atoms with Gasteiger partial charge in [0.1, 0.15) is 10.1 Å². The minimum atomic E-state index is 0.660. The molecule has 84 valence electrons. The Morgan fingerprint density at radius 1 is 1.18 bits per heavy atom. The second-order valence-electron chi connectivity index (χ2n) is 3.40. The second kappa shape index (κ2) is 4.06. The number of nitrogens with two attached hydrogens (primary N) is 1. The van der Waals surface area contributed by atoms with Crippen LogP contribution in [0.5, 0.6) is 0 Å². The van der Waals surface area contributed by atoms with Crippen LogP contribution < -0.4 is 5.73 Å². The second-order valence-corrected chi connectivity index (χ2v) is 4.41. The van der Waals surface area contributed by atoms with Crippen LogP contribution in [0.15, 0.2) is 52.9 Å². The van der Waals surface area contributed by atoms with Gasteiger partial charge in [-0.05, 0) is 30.0 Å². The van der Waals surface area contributed by atoms with Crippen molar-refractivity contribution in [1.29, 1.82) is 0 Å². The van der Waals surface area contributed by atoms with E-state index in [0.717, 1.165) is 15.7 Å². The smallest absolute Gasteiger partial charge is 0.156 e. The number of anilines is 1. The van der Waals surface area contributed by atoms with Crippen LogP contribution in [0.2, 0.25) is 0 Å². The molecule has 6 heteroatoms. The highest BCUT2D eigenvalue weighted by atomic mass is 32.2. The number of hydrogen-bond acceptors (Lipinski definition) is 5. The van der Waals surface area contributed by atoms with E-state index in [9.17, 15) is 0 Å². The third kappa shape index (κ3) is 1.94. The number of aromatic nitrogens is 4. The van der Waals surface area contributed by atoms with Gasteiger partial charge in [-0.2, -0.15) is 5.10 Å². The highest BCUT2D eigenvalue weighted by Gasteiger charge is 2.05. The normalized spacial score (nSPS) is 10.8. The standard InChI is InChI=1S/C11H9N5S/c12-8-2-1-5-13-11(8)17-10-4-7-16-9(15-10)3-6-14-16/h1-7H,12H2. The van der Waals surface area contributed by atoms with Crippen molar-refractivity contribution in [3.63, 3.8) is 0 Å². The molecule has 3 aromatic heterocycles. The zero-order chi connectivity index (χ0) is 11.7. The third-order valence-electron chi connectivity index (χ3n) is 2.23. The van der Waals surface area contributed by atoms with Crippen LogP contribution in [0.4, 0.5) is 5.69 Å². The molecule has 17 heavy (non-hydrogen) atoms. The van der Waals surface area contributed by atoms with Gasteiger partial charge in [0, 0.05) is 18.5 Å². The molecule has 0 amide bonds. The molecule has 0 radical (unpaired) electrons. The molecule has 3 heterocycles. The summed E-state index contributed by atoms with van der Waals surface area (Å²) in [7, 11) is 0. The molecule has 0 aromatic carbocycles. The zero-order valence-corrected chi connectivity index (χ0v) is 9.63. The van der Waals surface area contributed by atoms with Crippen molar-refractivity contribution in [1.82, 2.24) is 19.6 Å². The maximum absolute atomic E-state index is 5.83. The molecule has 0 saturated carbocycles. The van der Waals surface area contributed by atoms with Crippen molar-refractivity contribution in [2.75, 3.05) is 5.73 Å². The largest absolute Gasteiger partial charge is 0.397 e. The summed E-state index contributed by atoms with van der Waals surface area (Å²) in [6.45, 7) is 0. The summed E-state index contributed by atoms with van der Waals surface area (Å²) in [6.07, 6.45) is 5.30. The van der Waals surface area contributed by atoms with Crippen molar-refractivity contribution in [2.45, 2.75) is 10.1 Å². The van der Waals surface area contributed by atoms with E-state index < -0.39 is 0 Å². The van der Waals surface area contributed by atoms with Gasteiger partial charge in [-0.15, -0.1) is 0 Å². The number of nitrogens with zero attached hydrogens (tertiary/aromatic N) is 4. The summed E-state index contributed by atoms with van der Waals surface area (Å²) in [6, 6.07) is 7.38. The van der Waals surface area contributed by atoms with Crippen LogP contribution in [-0.2, 0) is 0 Å². The van der Waals surface area contributed by atoms with Crippen molar-refractivity contribution in [2.24, 2.45) is 0 Å². The van der Waals surface area contributed by atoms with E-state index in [1.54, 1.807) is 16.9 Å². The van der Waals surface area contributed by atoms with Gasteiger partial charge >= 0.3 is 0 Å². The monoisotopic (exact) mass is 243 g/mol. The van der Waals surface area contributed by atoms with E-state index in [4.69, 9.17) is 5.73 Å². The SMILES string of the molecule is Nc1cccnc1Sc1ccn2nccc2n1. The Labute approximate surface area is 102 Å². The molecule has 0 atom stereocenters. The first kappa shape index (κ1) is 10.1. The fourth-order valence-electron chi connectivity index (χ4n) is 1.44. The first-order valence-electron chi connectivity index (χ1n) is 5.02. The summed E-state index contributed by atoms with van der Waals surface area (Å²) >= 11 is 1.44. The molecular weight excluding hydrogens is 234 g/mol. The lowest BCUT2D eigenvalue weighted by molar-refractivity contribution is 0.914. The molecule has 5 nitrogen and oxygen atoms in total. The molecule has 0 bridgehead atoms. The van der Waals surface area contributed by atoms with E-state index in [1.807, 2.05) is 30.5 Å². The van der Waals surface area contributed by atoms with E-state index in [-0.39, 0.29) is 0 Å². The molecule has 0 aliphatic rings. The molecular formula is C11H9N5S. The molecule has 0 saturated heterocycles. The van der Waals surface area contributed by atoms with Gasteiger partial charge < -0.3 is 5.73 Å². The van der Waals surface area contributed by atoms with E-state index in [2.05, 4.69) is 15.1 Å². The first-order valence-corrected chi connectivity index (χ1v) is 5.83. The maximum Gasteiger partial charge on any atom is 0.156 e. The van der Waals surface area contributed by atoms with Crippen LogP contribution in [0.25, 0.3) is 5.65 Å². The van der Waals surface area contributed by atoms with Crippen molar-refractivity contribution in [3.05, 3.63) is 42.9 Å². The maximum atomic E-state index is 5.83. The van der Waals surface area contributed by atoms with Gasteiger partial charge in [0.2, 0.25) is 0 Å². The lowest BCUT2D eigenvalue weighted by Gasteiger charge is -2.03. The molecule has 2 N–H and O–H groups in total. The van der Waals surface area contributed by atoms with Crippen LogP contribution in [0.3, 0.4) is 0 Å². The Morgan fingerprint density at radius 3 is 3.00 bits per heavy atom. The molecule has 0 spiro atoms. The Bertz CT molecular complexity index is 664. The first-order chi connectivity index (χ1) is 8.33. The quantitative estimate of drug-likeness (QED) is 0.696. The van der Waals surface area contributed by atoms with Gasteiger partial charge in [0.25, 0.3) is 0 Å². The lowest BCUT2D eigenvalue weighted by Crippen LogP contribution is -1.93. The fourth-order valence-corrected chi connectivity index (χ4v) is 2.21. The number of rotatable bonds is 2.